The highest BCUT2D eigenvalue weighted by atomic mass is 35.5. The van der Waals surface area contributed by atoms with Crippen LogP contribution in [0.1, 0.15) is 16.2 Å². The molecule has 0 aliphatic rings. The lowest BCUT2D eigenvalue weighted by Gasteiger charge is -2.07. The van der Waals surface area contributed by atoms with Gasteiger partial charge in [0.1, 0.15) is 24.1 Å². The van der Waals surface area contributed by atoms with Gasteiger partial charge in [-0.2, -0.15) is 5.26 Å². The summed E-state index contributed by atoms with van der Waals surface area (Å²) in [6.45, 7) is -0.626. The van der Waals surface area contributed by atoms with Crippen LogP contribution < -0.4 is 0 Å². The molecule has 0 aliphatic carbocycles. The molecule has 0 bridgehead atoms. The summed E-state index contributed by atoms with van der Waals surface area (Å²) >= 11 is 11.4. The van der Waals surface area contributed by atoms with Crippen molar-refractivity contribution in [2.45, 2.75) is 0 Å². The maximum atomic E-state index is 13.5. The van der Waals surface area contributed by atoms with Gasteiger partial charge in [0.25, 0.3) is 0 Å². The van der Waals surface area contributed by atoms with Crippen LogP contribution in [0, 0.1) is 17.1 Å². The van der Waals surface area contributed by atoms with E-state index in [0.29, 0.717) is 11.0 Å². The average molecular weight is 406 g/mol. The summed E-state index contributed by atoms with van der Waals surface area (Å²) in [5.74, 6) is -2.21. The Bertz CT molecular complexity index is 1090. The third-order valence-corrected chi connectivity index (χ3v) is 4.20. The highest BCUT2D eigenvalue weighted by Gasteiger charge is 2.18. The summed E-state index contributed by atoms with van der Waals surface area (Å²) < 4.78 is 18.4. The molecule has 6 nitrogen and oxygen atoms in total. The van der Waals surface area contributed by atoms with E-state index in [1.165, 1.54) is 0 Å². The predicted molar refractivity (Wildman–Crippen MR) is 98.0 cm³/mol. The average Bonchev–Trinajstić information content (AvgIpc) is 3.07. The van der Waals surface area contributed by atoms with Crippen molar-refractivity contribution in [3.05, 3.63) is 69.4 Å². The van der Waals surface area contributed by atoms with Crippen LogP contribution in [0.2, 0.25) is 10.0 Å². The molecule has 0 amide bonds. The predicted octanol–water partition coefficient (Wildman–Crippen LogP) is 4.66. The Labute approximate surface area is 162 Å². The number of aliphatic hydroxyl groups is 1. The van der Waals surface area contributed by atoms with Gasteiger partial charge < -0.3 is 14.8 Å². The molecule has 0 saturated heterocycles. The number of H-pyrrole nitrogens is 1. The van der Waals surface area contributed by atoms with Gasteiger partial charge in [-0.25, -0.2) is 14.2 Å². The second kappa shape index (κ2) is 7.66. The number of nitriles is 1. The number of rotatable bonds is 4. The van der Waals surface area contributed by atoms with Crippen LogP contribution in [0.4, 0.5) is 4.39 Å². The number of hydrogen-bond acceptors (Lipinski definition) is 5. The lowest BCUT2D eigenvalue weighted by molar-refractivity contribution is 0.0502. The Kier molecular flexibility index (Phi) is 5.31. The summed E-state index contributed by atoms with van der Waals surface area (Å²) in [7, 11) is 0. The zero-order valence-electron chi connectivity index (χ0n) is 13.5. The fourth-order valence-corrected chi connectivity index (χ4v) is 2.75. The molecule has 3 rings (SSSR count). The topological polar surface area (TPSA) is 99.0 Å². The first-order valence-corrected chi connectivity index (χ1v) is 8.25. The fraction of sp³-hybridized carbons (Fsp3) is 0.0556. The Morgan fingerprint density at radius 3 is 2.74 bits per heavy atom. The van der Waals surface area contributed by atoms with Gasteiger partial charge in [0.15, 0.2) is 11.6 Å². The van der Waals surface area contributed by atoms with Crippen molar-refractivity contribution in [1.29, 1.82) is 5.26 Å². The Morgan fingerprint density at radius 1 is 1.30 bits per heavy atom. The maximum absolute atomic E-state index is 13.5. The number of nitrogens with one attached hydrogen (secondary N) is 1. The van der Waals surface area contributed by atoms with Crippen molar-refractivity contribution < 1.29 is 19.0 Å². The van der Waals surface area contributed by atoms with E-state index in [4.69, 9.17) is 27.9 Å². The first-order valence-electron chi connectivity index (χ1n) is 7.49. The number of aromatic nitrogens is 2. The number of nitrogens with zero attached hydrogens (tertiary/aromatic N) is 2. The van der Waals surface area contributed by atoms with Crippen molar-refractivity contribution in [2.75, 3.05) is 6.61 Å². The first kappa shape index (κ1) is 18.7. The zero-order chi connectivity index (χ0) is 19.6. The van der Waals surface area contributed by atoms with E-state index >= 15 is 0 Å². The van der Waals surface area contributed by atoms with Crippen LogP contribution in [0.5, 0.6) is 0 Å². The van der Waals surface area contributed by atoms with Crippen LogP contribution in [0.3, 0.4) is 0 Å². The van der Waals surface area contributed by atoms with Gasteiger partial charge in [-0.15, -0.1) is 0 Å². The molecule has 0 saturated carbocycles. The summed E-state index contributed by atoms with van der Waals surface area (Å²) in [4.78, 5) is 19.2. The van der Waals surface area contributed by atoms with Crippen molar-refractivity contribution in [3.8, 4) is 6.07 Å². The van der Waals surface area contributed by atoms with Crippen molar-refractivity contribution in [2.24, 2.45) is 0 Å². The number of ether oxygens (including phenoxy) is 1. The quantitative estimate of drug-likeness (QED) is 0.284. The van der Waals surface area contributed by atoms with E-state index < -0.39 is 24.2 Å². The number of carbonyl (C=O) groups excluding carboxylic acids is 1. The van der Waals surface area contributed by atoms with Crippen molar-refractivity contribution in [1.82, 2.24) is 9.97 Å². The van der Waals surface area contributed by atoms with Gasteiger partial charge >= 0.3 is 5.97 Å². The Balaban J connectivity index is 1.82. The normalized spacial score (nSPS) is 11.8. The summed E-state index contributed by atoms with van der Waals surface area (Å²) in [5, 5.41) is 19.1. The number of hydrogen-bond donors (Lipinski definition) is 2. The molecule has 2 N–H and O–H groups in total. The second-order valence-electron chi connectivity index (χ2n) is 5.36. The van der Waals surface area contributed by atoms with Gasteiger partial charge in [0.2, 0.25) is 0 Å². The minimum Gasteiger partial charge on any atom is -0.507 e. The van der Waals surface area contributed by atoms with E-state index in [1.807, 2.05) is 6.07 Å². The van der Waals surface area contributed by atoms with Gasteiger partial charge in [-0.3, -0.25) is 0 Å². The number of aromatic amines is 1. The Hall–Kier alpha value is -3.08. The molecule has 136 valence electrons. The number of fused-ring (bicyclic) bond motifs is 1. The molecular weight excluding hydrogens is 396 g/mol. The second-order valence-corrected chi connectivity index (χ2v) is 6.17. The Morgan fingerprint density at radius 2 is 2.04 bits per heavy atom. The summed E-state index contributed by atoms with van der Waals surface area (Å²) in [6.07, 6.45) is 0. The summed E-state index contributed by atoms with van der Waals surface area (Å²) in [5.41, 5.74) is 0.836. The first-order chi connectivity index (χ1) is 12.9. The van der Waals surface area contributed by atoms with Crippen LogP contribution in [0.15, 0.2) is 42.2 Å². The van der Waals surface area contributed by atoms with Crippen LogP contribution in [-0.4, -0.2) is 27.7 Å². The molecule has 9 heteroatoms. The number of imidazole rings is 1. The third-order valence-electron chi connectivity index (χ3n) is 3.60. The molecule has 1 heterocycles. The van der Waals surface area contributed by atoms with Crippen molar-refractivity contribution in [3.63, 3.8) is 0 Å². The fourth-order valence-electron chi connectivity index (χ4n) is 2.29. The molecule has 0 fully saturated rings. The number of para-hydroxylation sites is 2. The van der Waals surface area contributed by atoms with E-state index in [0.717, 1.165) is 12.1 Å². The van der Waals surface area contributed by atoms with E-state index in [2.05, 4.69) is 9.97 Å². The van der Waals surface area contributed by atoms with E-state index in [-0.39, 0.29) is 27.0 Å². The van der Waals surface area contributed by atoms with Crippen molar-refractivity contribution >= 4 is 45.8 Å². The van der Waals surface area contributed by atoms with Gasteiger partial charge in [0, 0.05) is 0 Å². The largest absolute Gasteiger partial charge is 0.507 e. The number of aliphatic hydroxyl groups excluding tert-OH is 1. The SMILES string of the molecule is N#C/C(=C(/O)COC(=O)c1cc(F)c(Cl)cc1Cl)c1nc2ccccc2[nH]1. The molecule has 0 spiro atoms. The van der Waals surface area contributed by atoms with E-state index in [1.54, 1.807) is 24.3 Å². The molecule has 0 atom stereocenters. The number of carbonyl (C=O) groups is 1. The minimum atomic E-state index is -0.982. The van der Waals surface area contributed by atoms with Gasteiger partial charge in [-0.05, 0) is 24.3 Å². The molecule has 0 aliphatic heterocycles. The van der Waals surface area contributed by atoms with Gasteiger partial charge in [0.05, 0.1) is 26.6 Å². The lowest BCUT2D eigenvalue weighted by Crippen LogP contribution is -2.10. The van der Waals surface area contributed by atoms with E-state index in [9.17, 15) is 19.6 Å². The lowest BCUT2D eigenvalue weighted by atomic mass is 10.2. The van der Waals surface area contributed by atoms with Crippen LogP contribution >= 0.6 is 23.2 Å². The number of allylic oxidation sites excluding steroid dienone is 1. The molecule has 0 radical (unpaired) electrons. The maximum Gasteiger partial charge on any atom is 0.340 e. The van der Waals surface area contributed by atoms with Crippen LogP contribution in [0.25, 0.3) is 16.6 Å². The summed E-state index contributed by atoms with van der Waals surface area (Å²) in [6, 6.07) is 10.8. The number of halogens is 3. The molecular formula is C18H10Cl2FN3O3. The monoisotopic (exact) mass is 405 g/mol. The van der Waals surface area contributed by atoms with Crippen LogP contribution in [-0.2, 0) is 4.74 Å². The molecule has 1 aromatic heterocycles. The minimum absolute atomic E-state index is 0.104. The molecule has 0 unspecified atom stereocenters. The third kappa shape index (κ3) is 3.87. The number of benzene rings is 2. The molecule has 27 heavy (non-hydrogen) atoms. The molecule has 2 aromatic carbocycles. The highest BCUT2D eigenvalue weighted by Crippen LogP contribution is 2.25. The van der Waals surface area contributed by atoms with Gasteiger partial charge in [-0.1, -0.05) is 35.3 Å². The standard InChI is InChI=1S/C18H10Cl2FN3O3/c19-11-6-12(20)13(21)5-9(11)18(26)27-8-16(25)10(7-22)17-23-14-3-1-2-4-15(14)24-17/h1-6,25H,8H2,(H,23,24)/b16-10-. The number of esters is 1. The smallest absolute Gasteiger partial charge is 0.340 e. The molecule has 3 aromatic rings. The zero-order valence-corrected chi connectivity index (χ0v) is 15.0. The highest BCUT2D eigenvalue weighted by molar-refractivity contribution is 6.36.